The number of benzene rings is 2. The summed E-state index contributed by atoms with van der Waals surface area (Å²) < 4.78 is 25.8. The van der Waals surface area contributed by atoms with Crippen molar-refractivity contribution in [1.82, 2.24) is 25.1 Å². The Balaban J connectivity index is 1.25. The summed E-state index contributed by atoms with van der Waals surface area (Å²) in [7, 11) is 0. The third kappa shape index (κ3) is 4.13. The van der Waals surface area contributed by atoms with E-state index in [0.29, 0.717) is 28.0 Å². The highest BCUT2D eigenvalue weighted by molar-refractivity contribution is 5.96. The topological polar surface area (TPSA) is 112 Å². The number of nitrogens with zero attached hydrogens (tertiary/aromatic N) is 4. The average molecular weight is 445 g/mol. The van der Waals surface area contributed by atoms with Crippen molar-refractivity contribution in [2.75, 3.05) is 13.2 Å². The summed E-state index contributed by atoms with van der Waals surface area (Å²) in [6, 6.07) is 17.7. The minimum absolute atomic E-state index is 0.0857. The molecule has 33 heavy (non-hydrogen) atoms. The summed E-state index contributed by atoms with van der Waals surface area (Å²) in [6.45, 7) is 0.227. The van der Waals surface area contributed by atoms with Crippen molar-refractivity contribution in [1.29, 1.82) is 0 Å². The van der Waals surface area contributed by atoms with Crippen LogP contribution in [0.1, 0.15) is 10.4 Å². The van der Waals surface area contributed by atoms with Gasteiger partial charge in [-0.3, -0.25) is 4.79 Å². The molecule has 10 heteroatoms. The summed E-state index contributed by atoms with van der Waals surface area (Å²) >= 11 is 0. The molecule has 1 N–H and O–H groups in total. The molecule has 0 spiro atoms. The summed E-state index contributed by atoms with van der Waals surface area (Å²) in [5.74, 6) is -0.327. The van der Waals surface area contributed by atoms with Gasteiger partial charge in [0, 0.05) is 17.0 Å². The van der Waals surface area contributed by atoms with E-state index in [0.717, 1.165) is 0 Å². The molecule has 5 aromatic rings. The SMILES string of the molecule is O=C(NCCOc1ccc2nnc(-c3cccc(F)c3)n2n1)c1cc2ccccc2oc1=O. The van der Waals surface area contributed by atoms with E-state index < -0.39 is 17.3 Å². The maximum atomic E-state index is 13.6. The first-order chi connectivity index (χ1) is 16.1. The summed E-state index contributed by atoms with van der Waals surface area (Å²) in [6.07, 6.45) is 0. The van der Waals surface area contributed by atoms with Crippen LogP contribution < -0.4 is 15.7 Å². The quantitative estimate of drug-likeness (QED) is 0.316. The lowest BCUT2D eigenvalue weighted by Crippen LogP contribution is -2.31. The molecular formula is C23H16FN5O4. The van der Waals surface area contributed by atoms with Crippen LogP contribution in [-0.2, 0) is 0 Å². The van der Waals surface area contributed by atoms with Gasteiger partial charge in [0.2, 0.25) is 5.88 Å². The van der Waals surface area contributed by atoms with E-state index in [9.17, 15) is 14.0 Å². The van der Waals surface area contributed by atoms with Gasteiger partial charge in [0.25, 0.3) is 5.91 Å². The number of carbonyl (C=O) groups excluding carboxylic acids is 1. The minimum Gasteiger partial charge on any atom is -0.475 e. The Bertz CT molecular complexity index is 1550. The fraction of sp³-hybridized carbons (Fsp3) is 0.0870. The molecule has 3 heterocycles. The Kier molecular flexibility index (Phi) is 5.23. The first-order valence-electron chi connectivity index (χ1n) is 10.0. The van der Waals surface area contributed by atoms with Crippen LogP contribution in [0.25, 0.3) is 28.0 Å². The van der Waals surface area contributed by atoms with Gasteiger partial charge in [-0.15, -0.1) is 15.3 Å². The Morgan fingerprint density at radius 2 is 1.94 bits per heavy atom. The Morgan fingerprint density at radius 3 is 2.82 bits per heavy atom. The number of nitrogens with one attached hydrogen (secondary N) is 1. The number of hydrogen-bond acceptors (Lipinski definition) is 7. The van der Waals surface area contributed by atoms with Crippen LogP contribution >= 0.6 is 0 Å². The summed E-state index contributed by atoms with van der Waals surface area (Å²) in [5.41, 5.74) is 0.608. The van der Waals surface area contributed by atoms with Crippen molar-refractivity contribution in [3.63, 3.8) is 0 Å². The predicted molar refractivity (Wildman–Crippen MR) is 116 cm³/mol. The van der Waals surface area contributed by atoms with Crippen molar-refractivity contribution < 1.29 is 18.3 Å². The molecule has 3 aromatic heterocycles. The lowest BCUT2D eigenvalue weighted by Gasteiger charge is -2.08. The lowest BCUT2D eigenvalue weighted by atomic mass is 10.2. The van der Waals surface area contributed by atoms with Gasteiger partial charge in [0.1, 0.15) is 23.6 Å². The second-order valence-electron chi connectivity index (χ2n) is 7.07. The normalized spacial score (nSPS) is 11.1. The average Bonchev–Trinajstić information content (AvgIpc) is 3.24. The lowest BCUT2D eigenvalue weighted by molar-refractivity contribution is 0.0943. The van der Waals surface area contributed by atoms with Gasteiger partial charge < -0.3 is 14.5 Å². The molecule has 0 unspecified atom stereocenters. The van der Waals surface area contributed by atoms with Crippen LogP contribution in [0.5, 0.6) is 5.88 Å². The number of halogens is 1. The molecule has 0 bridgehead atoms. The van der Waals surface area contributed by atoms with E-state index in [1.165, 1.54) is 22.7 Å². The van der Waals surface area contributed by atoms with Gasteiger partial charge in [0.15, 0.2) is 11.5 Å². The molecule has 0 saturated carbocycles. The zero-order valence-electron chi connectivity index (χ0n) is 17.1. The molecule has 0 saturated heterocycles. The van der Waals surface area contributed by atoms with E-state index in [1.54, 1.807) is 48.5 Å². The third-order valence-electron chi connectivity index (χ3n) is 4.84. The first kappa shape index (κ1) is 20.3. The predicted octanol–water partition coefficient (Wildman–Crippen LogP) is 2.85. The van der Waals surface area contributed by atoms with Crippen LogP contribution in [-0.4, -0.2) is 38.9 Å². The number of ether oxygens (including phenoxy) is 1. The summed E-state index contributed by atoms with van der Waals surface area (Å²) in [5, 5.41) is 15.7. The molecule has 0 fully saturated rings. The van der Waals surface area contributed by atoms with E-state index in [2.05, 4.69) is 20.6 Å². The molecule has 0 radical (unpaired) electrons. The number of fused-ring (bicyclic) bond motifs is 2. The molecule has 164 valence electrons. The van der Waals surface area contributed by atoms with Gasteiger partial charge in [-0.1, -0.05) is 30.3 Å². The smallest absolute Gasteiger partial charge is 0.349 e. The third-order valence-corrected chi connectivity index (χ3v) is 4.84. The number of rotatable bonds is 6. The number of amides is 1. The molecule has 2 aromatic carbocycles. The van der Waals surface area contributed by atoms with Gasteiger partial charge in [-0.05, 0) is 30.3 Å². The van der Waals surface area contributed by atoms with Gasteiger partial charge in [0.05, 0.1) is 6.54 Å². The minimum atomic E-state index is -0.711. The Hall–Kier alpha value is -4.60. The fourth-order valence-electron chi connectivity index (χ4n) is 3.29. The molecule has 5 rings (SSSR count). The zero-order chi connectivity index (χ0) is 22.8. The first-order valence-corrected chi connectivity index (χ1v) is 10.0. The van der Waals surface area contributed by atoms with Crippen molar-refractivity contribution in [2.24, 2.45) is 0 Å². The second kappa shape index (κ2) is 8.50. The number of carbonyl (C=O) groups is 1. The van der Waals surface area contributed by atoms with Crippen LogP contribution in [0.2, 0.25) is 0 Å². The fourth-order valence-corrected chi connectivity index (χ4v) is 3.29. The van der Waals surface area contributed by atoms with Crippen LogP contribution in [0.3, 0.4) is 0 Å². The molecular weight excluding hydrogens is 429 g/mol. The van der Waals surface area contributed by atoms with E-state index in [-0.39, 0.29) is 24.6 Å². The van der Waals surface area contributed by atoms with Gasteiger partial charge in [-0.25, -0.2) is 9.18 Å². The number of hydrogen-bond donors (Lipinski definition) is 1. The maximum Gasteiger partial charge on any atom is 0.349 e. The Labute approximate surface area is 185 Å². The molecule has 1 amide bonds. The molecule has 9 nitrogen and oxygen atoms in total. The highest BCUT2D eigenvalue weighted by Gasteiger charge is 2.14. The van der Waals surface area contributed by atoms with Crippen molar-refractivity contribution >= 4 is 22.5 Å². The number of aromatic nitrogens is 4. The highest BCUT2D eigenvalue weighted by Crippen LogP contribution is 2.19. The Morgan fingerprint density at radius 1 is 1.06 bits per heavy atom. The van der Waals surface area contributed by atoms with Crippen LogP contribution in [0, 0.1) is 5.82 Å². The standard InChI is InChI=1S/C23H16FN5O4/c24-16-6-3-5-15(12-16)21-27-26-19-8-9-20(28-29(19)21)32-11-10-25-22(30)17-13-14-4-1-2-7-18(14)33-23(17)31/h1-9,12-13H,10-11H2,(H,25,30). The summed E-state index contributed by atoms with van der Waals surface area (Å²) in [4.78, 5) is 24.5. The van der Waals surface area contributed by atoms with Gasteiger partial charge >= 0.3 is 5.63 Å². The van der Waals surface area contributed by atoms with Gasteiger partial charge in [-0.2, -0.15) is 4.52 Å². The van der Waals surface area contributed by atoms with E-state index in [1.807, 2.05) is 0 Å². The highest BCUT2D eigenvalue weighted by atomic mass is 19.1. The maximum absolute atomic E-state index is 13.6. The van der Waals surface area contributed by atoms with Crippen molar-refractivity contribution in [3.8, 4) is 17.3 Å². The van der Waals surface area contributed by atoms with E-state index >= 15 is 0 Å². The largest absolute Gasteiger partial charge is 0.475 e. The van der Waals surface area contributed by atoms with Crippen LogP contribution in [0.4, 0.5) is 4.39 Å². The zero-order valence-corrected chi connectivity index (χ0v) is 17.1. The van der Waals surface area contributed by atoms with E-state index in [4.69, 9.17) is 9.15 Å². The molecule has 0 atom stereocenters. The monoisotopic (exact) mass is 445 g/mol. The van der Waals surface area contributed by atoms with Crippen molar-refractivity contribution in [3.05, 3.63) is 88.5 Å². The molecule has 0 aliphatic carbocycles. The molecule has 0 aliphatic heterocycles. The number of para-hydroxylation sites is 1. The second-order valence-corrected chi connectivity index (χ2v) is 7.07. The van der Waals surface area contributed by atoms with Crippen LogP contribution in [0.15, 0.2) is 75.9 Å². The molecule has 0 aliphatic rings. The van der Waals surface area contributed by atoms with Crippen molar-refractivity contribution in [2.45, 2.75) is 0 Å².